The number of nitro groups is 2. The number of ether oxygens (including phenoxy) is 2. The van der Waals surface area contributed by atoms with Gasteiger partial charge in [0.05, 0.1) is 24.1 Å². The molecule has 34 heavy (non-hydrogen) atoms. The minimum absolute atomic E-state index is 0.188. The Bertz CT molecular complexity index is 1180. The minimum atomic E-state index is -0.727. The van der Waals surface area contributed by atoms with Gasteiger partial charge in [-0.3, -0.25) is 29.8 Å². The van der Waals surface area contributed by atoms with Gasteiger partial charge in [-0.25, -0.2) is 0 Å². The summed E-state index contributed by atoms with van der Waals surface area (Å²) < 4.78 is 10.0. The van der Waals surface area contributed by atoms with E-state index in [-0.39, 0.29) is 34.0 Å². The van der Waals surface area contributed by atoms with E-state index >= 15 is 0 Å². The second-order valence-electron chi connectivity index (χ2n) is 6.77. The lowest BCUT2D eigenvalue weighted by atomic mass is 10.1. The first kappa shape index (κ1) is 23.7. The molecule has 0 aliphatic carbocycles. The highest BCUT2D eigenvalue weighted by molar-refractivity contribution is 6.08. The summed E-state index contributed by atoms with van der Waals surface area (Å²) in [7, 11) is 2.74. The van der Waals surface area contributed by atoms with Gasteiger partial charge in [0.25, 0.3) is 23.2 Å². The van der Waals surface area contributed by atoms with Gasteiger partial charge >= 0.3 is 0 Å². The van der Waals surface area contributed by atoms with Crippen molar-refractivity contribution in [3.05, 3.63) is 92.0 Å². The fraction of sp³-hybridized carbons (Fsp3) is 0.0909. The smallest absolute Gasteiger partial charge is 0.282 e. The standard InChI is InChI=1S/C22H18N4O8/c1-33-15-7-9-19(25(29)30)17(11-15)21(27)23-13-3-5-14(6-4-13)24-22(28)18-12-16(34-2)8-10-20(18)26(31)32/h3-12H,1-2H3,(H,23,27)(H,24,28). The van der Waals surface area contributed by atoms with Crippen molar-refractivity contribution in [1.82, 2.24) is 0 Å². The van der Waals surface area contributed by atoms with Crippen molar-refractivity contribution in [2.45, 2.75) is 0 Å². The van der Waals surface area contributed by atoms with Gasteiger partial charge in [-0.2, -0.15) is 0 Å². The maximum Gasteiger partial charge on any atom is 0.282 e. The Balaban J connectivity index is 1.77. The van der Waals surface area contributed by atoms with E-state index < -0.39 is 21.7 Å². The molecule has 0 radical (unpaired) electrons. The fourth-order valence-corrected chi connectivity index (χ4v) is 3.00. The van der Waals surface area contributed by atoms with E-state index in [1.807, 2.05) is 0 Å². The van der Waals surface area contributed by atoms with Gasteiger partial charge in [0.15, 0.2) is 0 Å². The second-order valence-corrected chi connectivity index (χ2v) is 6.77. The largest absolute Gasteiger partial charge is 0.497 e. The van der Waals surface area contributed by atoms with Crippen LogP contribution in [0.25, 0.3) is 0 Å². The van der Waals surface area contributed by atoms with E-state index in [0.29, 0.717) is 11.4 Å². The van der Waals surface area contributed by atoms with Crippen LogP contribution in [-0.4, -0.2) is 35.9 Å². The molecular formula is C22H18N4O8. The predicted octanol–water partition coefficient (Wildman–Crippen LogP) is 4.02. The first-order chi connectivity index (χ1) is 16.2. The second kappa shape index (κ2) is 10.1. The van der Waals surface area contributed by atoms with Gasteiger partial charge in [-0.05, 0) is 48.5 Å². The van der Waals surface area contributed by atoms with E-state index in [2.05, 4.69) is 10.6 Å². The monoisotopic (exact) mass is 466 g/mol. The SMILES string of the molecule is COc1ccc([N+](=O)[O-])c(C(=O)Nc2ccc(NC(=O)c3cc(OC)ccc3[N+](=O)[O-])cc2)c1. The molecule has 0 saturated carbocycles. The van der Waals surface area contributed by atoms with Crippen LogP contribution in [0.5, 0.6) is 11.5 Å². The normalized spacial score (nSPS) is 10.2. The van der Waals surface area contributed by atoms with Crippen molar-refractivity contribution in [3.63, 3.8) is 0 Å². The number of benzene rings is 3. The van der Waals surface area contributed by atoms with Gasteiger partial charge in [-0.1, -0.05) is 0 Å². The molecule has 12 nitrogen and oxygen atoms in total. The average molecular weight is 466 g/mol. The first-order valence-corrected chi connectivity index (χ1v) is 9.61. The third-order valence-electron chi connectivity index (χ3n) is 4.69. The molecule has 2 amide bonds. The topological polar surface area (TPSA) is 163 Å². The molecule has 0 fully saturated rings. The van der Waals surface area contributed by atoms with E-state index in [9.17, 15) is 29.8 Å². The van der Waals surface area contributed by atoms with Crippen molar-refractivity contribution < 1.29 is 28.9 Å². The Kier molecular flexibility index (Phi) is 7.01. The molecule has 0 aliphatic rings. The van der Waals surface area contributed by atoms with Crippen LogP contribution >= 0.6 is 0 Å². The van der Waals surface area contributed by atoms with Crippen LogP contribution in [0.15, 0.2) is 60.7 Å². The summed E-state index contributed by atoms with van der Waals surface area (Å²) in [4.78, 5) is 46.3. The molecule has 0 bridgehead atoms. The Morgan fingerprint density at radius 3 is 1.32 bits per heavy atom. The zero-order valence-corrected chi connectivity index (χ0v) is 17.9. The molecule has 0 heterocycles. The van der Waals surface area contributed by atoms with Gasteiger partial charge in [-0.15, -0.1) is 0 Å². The van der Waals surface area contributed by atoms with Crippen LogP contribution in [0, 0.1) is 20.2 Å². The van der Waals surface area contributed by atoms with Crippen LogP contribution in [0.4, 0.5) is 22.7 Å². The molecule has 174 valence electrons. The number of carbonyl (C=O) groups excluding carboxylic acids is 2. The first-order valence-electron chi connectivity index (χ1n) is 9.61. The lowest BCUT2D eigenvalue weighted by Gasteiger charge is -2.10. The molecular weight excluding hydrogens is 448 g/mol. The highest BCUT2D eigenvalue weighted by Crippen LogP contribution is 2.27. The van der Waals surface area contributed by atoms with Gasteiger partial charge in [0, 0.05) is 23.5 Å². The summed E-state index contributed by atoms with van der Waals surface area (Å²) in [5, 5.41) is 27.6. The molecule has 3 rings (SSSR count). The Morgan fingerprint density at radius 1 is 0.676 bits per heavy atom. The maximum atomic E-state index is 12.6. The van der Waals surface area contributed by atoms with Gasteiger partial charge < -0.3 is 20.1 Å². The van der Waals surface area contributed by atoms with Crippen LogP contribution < -0.4 is 20.1 Å². The Hall–Kier alpha value is -5.00. The van der Waals surface area contributed by atoms with Crippen molar-refractivity contribution >= 4 is 34.6 Å². The van der Waals surface area contributed by atoms with E-state index in [1.165, 1.54) is 74.9 Å². The lowest BCUT2D eigenvalue weighted by molar-refractivity contribution is -0.385. The van der Waals surface area contributed by atoms with E-state index in [1.54, 1.807) is 0 Å². The molecule has 0 atom stereocenters. The molecule has 0 spiro atoms. The number of methoxy groups -OCH3 is 2. The highest BCUT2D eigenvalue weighted by atomic mass is 16.6. The Labute approximate surface area is 192 Å². The third kappa shape index (κ3) is 5.24. The number of nitro benzene ring substituents is 2. The van der Waals surface area contributed by atoms with Crippen molar-refractivity contribution in [2.24, 2.45) is 0 Å². The number of hydrogen-bond acceptors (Lipinski definition) is 8. The molecule has 2 N–H and O–H groups in total. The maximum absolute atomic E-state index is 12.6. The fourth-order valence-electron chi connectivity index (χ4n) is 3.00. The Morgan fingerprint density at radius 2 is 1.03 bits per heavy atom. The van der Waals surface area contributed by atoms with Crippen molar-refractivity contribution in [2.75, 3.05) is 24.9 Å². The summed E-state index contributed by atoms with van der Waals surface area (Å²) in [6, 6.07) is 13.4. The summed E-state index contributed by atoms with van der Waals surface area (Å²) >= 11 is 0. The summed E-state index contributed by atoms with van der Waals surface area (Å²) in [5.41, 5.74) is -0.553. The number of nitrogens with zero attached hydrogens (tertiary/aromatic N) is 2. The summed E-state index contributed by atoms with van der Waals surface area (Å²) in [6.45, 7) is 0. The number of rotatable bonds is 8. The molecule has 0 saturated heterocycles. The quantitative estimate of drug-likeness (QED) is 0.371. The molecule has 0 aliphatic heterocycles. The molecule has 3 aromatic carbocycles. The summed E-state index contributed by atoms with van der Waals surface area (Å²) in [6.07, 6.45) is 0. The van der Waals surface area contributed by atoms with Crippen LogP contribution in [0.1, 0.15) is 20.7 Å². The number of amides is 2. The minimum Gasteiger partial charge on any atom is -0.497 e. The number of nitrogens with one attached hydrogen (secondary N) is 2. The van der Waals surface area contributed by atoms with Crippen molar-refractivity contribution in [3.8, 4) is 11.5 Å². The molecule has 0 aromatic heterocycles. The van der Waals surface area contributed by atoms with Gasteiger partial charge in [0.1, 0.15) is 22.6 Å². The van der Waals surface area contributed by atoms with Gasteiger partial charge in [0.2, 0.25) is 0 Å². The lowest BCUT2D eigenvalue weighted by Crippen LogP contribution is -2.15. The zero-order chi connectivity index (χ0) is 24.8. The summed E-state index contributed by atoms with van der Waals surface area (Å²) in [5.74, 6) is -0.898. The molecule has 3 aromatic rings. The van der Waals surface area contributed by atoms with E-state index in [4.69, 9.17) is 9.47 Å². The number of hydrogen-bond donors (Lipinski definition) is 2. The third-order valence-corrected chi connectivity index (χ3v) is 4.69. The number of carbonyl (C=O) groups is 2. The average Bonchev–Trinajstić information content (AvgIpc) is 2.84. The molecule has 0 unspecified atom stereocenters. The van der Waals surface area contributed by atoms with Crippen molar-refractivity contribution in [1.29, 1.82) is 0 Å². The van der Waals surface area contributed by atoms with Crippen LogP contribution in [0.3, 0.4) is 0 Å². The molecule has 12 heteroatoms. The highest BCUT2D eigenvalue weighted by Gasteiger charge is 2.22. The number of anilines is 2. The van der Waals surface area contributed by atoms with Crippen LogP contribution in [-0.2, 0) is 0 Å². The van der Waals surface area contributed by atoms with Crippen LogP contribution in [0.2, 0.25) is 0 Å². The zero-order valence-electron chi connectivity index (χ0n) is 17.9. The van der Waals surface area contributed by atoms with E-state index in [0.717, 1.165) is 0 Å². The predicted molar refractivity (Wildman–Crippen MR) is 122 cm³/mol.